The molecule has 1 N–H and O–H groups in total. The van der Waals surface area contributed by atoms with Gasteiger partial charge >= 0.3 is 0 Å². The molecule has 0 aliphatic carbocycles. The SMILES string of the molecule is C=C/C(C)=C(C)\C=C(/C)CNC. The summed E-state index contributed by atoms with van der Waals surface area (Å²) in [6.45, 7) is 11.0. The molecule has 1 heteroatoms. The summed E-state index contributed by atoms with van der Waals surface area (Å²) in [6.07, 6.45) is 4.08. The van der Waals surface area contributed by atoms with Crippen molar-refractivity contribution in [3.63, 3.8) is 0 Å². The third-order valence-electron chi connectivity index (χ3n) is 1.85. The zero-order valence-electron chi connectivity index (χ0n) is 8.57. The molecule has 0 aromatic rings. The van der Waals surface area contributed by atoms with Crippen molar-refractivity contribution in [1.82, 2.24) is 5.32 Å². The van der Waals surface area contributed by atoms with Crippen LogP contribution in [0.4, 0.5) is 0 Å². The van der Waals surface area contributed by atoms with Crippen molar-refractivity contribution in [1.29, 1.82) is 0 Å². The van der Waals surface area contributed by atoms with E-state index in [1.807, 2.05) is 13.1 Å². The van der Waals surface area contributed by atoms with E-state index in [4.69, 9.17) is 0 Å². The molecule has 0 rings (SSSR count). The maximum atomic E-state index is 3.73. The molecule has 0 aromatic carbocycles. The van der Waals surface area contributed by atoms with E-state index in [9.17, 15) is 0 Å². The minimum Gasteiger partial charge on any atom is -0.316 e. The van der Waals surface area contributed by atoms with Crippen LogP contribution in [0.3, 0.4) is 0 Å². The zero-order valence-corrected chi connectivity index (χ0v) is 8.57. The predicted octanol–water partition coefficient (Wildman–Crippen LogP) is 2.67. The van der Waals surface area contributed by atoms with Crippen LogP contribution in [0, 0.1) is 0 Å². The Morgan fingerprint density at radius 2 is 1.83 bits per heavy atom. The second kappa shape index (κ2) is 5.78. The van der Waals surface area contributed by atoms with Gasteiger partial charge in [0.2, 0.25) is 0 Å². The summed E-state index contributed by atoms with van der Waals surface area (Å²) in [5.41, 5.74) is 3.87. The van der Waals surface area contributed by atoms with Gasteiger partial charge in [-0.1, -0.05) is 24.3 Å². The molecule has 68 valence electrons. The Balaban J connectivity index is 4.41. The van der Waals surface area contributed by atoms with Crippen molar-refractivity contribution in [3.8, 4) is 0 Å². The van der Waals surface area contributed by atoms with Gasteiger partial charge in [0.25, 0.3) is 0 Å². The van der Waals surface area contributed by atoms with Crippen molar-refractivity contribution in [2.24, 2.45) is 0 Å². The molecule has 0 atom stereocenters. The molecule has 0 spiro atoms. The Bertz CT molecular complexity index is 209. The molecular weight excluding hydrogens is 146 g/mol. The lowest BCUT2D eigenvalue weighted by Gasteiger charge is -2.01. The van der Waals surface area contributed by atoms with Crippen LogP contribution >= 0.6 is 0 Å². The lowest BCUT2D eigenvalue weighted by atomic mass is 10.1. The van der Waals surface area contributed by atoms with Crippen molar-refractivity contribution >= 4 is 0 Å². The Hall–Kier alpha value is -0.820. The first-order valence-corrected chi connectivity index (χ1v) is 4.23. The fourth-order valence-corrected chi connectivity index (χ4v) is 0.974. The van der Waals surface area contributed by atoms with E-state index in [2.05, 4.69) is 38.7 Å². The molecule has 0 radical (unpaired) electrons. The maximum Gasteiger partial charge on any atom is 0.0162 e. The first-order chi connectivity index (χ1) is 5.61. The van der Waals surface area contributed by atoms with E-state index < -0.39 is 0 Å². The quantitative estimate of drug-likeness (QED) is 0.631. The highest BCUT2D eigenvalue weighted by Gasteiger charge is 1.90. The van der Waals surface area contributed by atoms with Crippen molar-refractivity contribution in [2.75, 3.05) is 13.6 Å². The van der Waals surface area contributed by atoms with E-state index in [1.54, 1.807) is 0 Å². The van der Waals surface area contributed by atoms with Crippen molar-refractivity contribution < 1.29 is 0 Å². The number of likely N-dealkylation sites (N-methyl/N-ethyl adjacent to an activating group) is 1. The maximum absolute atomic E-state index is 3.73. The third kappa shape index (κ3) is 4.14. The number of hydrogen-bond donors (Lipinski definition) is 1. The Morgan fingerprint density at radius 1 is 1.25 bits per heavy atom. The summed E-state index contributed by atoms with van der Waals surface area (Å²) in [7, 11) is 1.96. The number of rotatable bonds is 4. The average molecular weight is 165 g/mol. The van der Waals surface area contributed by atoms with Crippen LogP contribution < -0.4 is 5.32 Å². The molecule has 0 saturated carbocycles. The fourth-order valence-electron chi connectivity index (χ4n) is 0.974. The Kier molecular flexibility index (Phi) is 5.39. The average Bonchev–Trinajstić information content (AvgIpc) is 2.03. The first kappa shape index (κ1) is 11.2. The molecule has 0 amide bonds. The van der Waals surface area contributed by atoms with Gasteiger partial charge in [-0.3, -0.25) is 0 Å². The predicted molar refractivity (Wildman–Crippen MR) is 56.3 cm³/mol. The van der Waals surface area contributed by atoms with Gasteiger partial charge in [-0.25, -0.2) is 0 Å². The van der Waals surface area contributed by atoms with Crippen LogP contribution in [-0.4, -0.2) is 13.6 Å². The highest BCUT2D eigenvalue weighted by atomic mass is 14.8. The van der Waals surface area contributed by atoms with Gasteiger partial charge in [0.05, 0.1) is 0 Å². The molecule has 1 nitrogen and oxygen atoms in total. The summed E-state index contributed by atoms with van der Waals surface area (Å²) in [4.78, 5) is 0. The second-order valence-corrected chi connectivity index (χ2v) is 3.09. The lowest BCUT2D eigenvalue weighted by Crippen LogP contribution is -2.08. The first-order valence-electron chi connectivity index (χ1n) is 4.23. The smallest absolute Gasteiger partial charge is 0.0162 e. The van der Waals surface area contributed by atoms with Crippen LogP contribution in [0.2, 0.25) is 0 Å². The minimum absolute atomic E-state index is 0.946. The molecule has 0 bridgehead atoms. The summed E-state index contributed by atoms with van der Waals surface area (Å²) in [6, 6.07) is 0. The van der Waals surface area contributed by atoms with Crippen LogP contribution in [0.25, 0.3) is 0 Å². The van der Waals surface area contributed by atoms with E-state index in [0.717, 1.165) is 6.54 Å². The normalized spacial score (nSPS) is 14.2. The monoisotopic (exact) mass is 165 g/mol. The summed E-state index contributed by atoms with van der Waals surface area (Å²) in [5.74, 6) is 0. The molecular formula is C11H19N. The molecule has 0 heterocycles. The third-order valence-corrected chi connectivity index (χ3v) is 1.85. The molecule has 0 aliphatic heterocycles. The van der Waals surface area contributed by atoms with Gasteiger partial charge < -0.3 is 5.32 Å². The number of hydrogen-bond acceptors (Lipinski definition) is 1. The molecule has 0 fully saturated rings. The van der Waals surface area contributed by atoms with Gasteiger partial charge in [-0.05, 0) is 39.0 Å². The Morgan fingerprint density at radius 3 is 2.25 bits per heavy atom. The van der Waals surface area contributed by atoms with Gasteiger partial charge in [0.1, 0.15) is 0 Å². The van der Waals surface area contributed by atoms with Gasteiger partial charge in [0.15, 0.2) is 0 Å². The largest absolute Gasteiger partial charge is 0.316 e. The van der Waals surface area contributed by atoms with Gasteiger partial charge in [0, 0.05) is 6.54 Å². The second-order valence-electron chi connectivity index (χ2n) is 3.09. The summed E-state index contributed by atoms with van der Waals surface area (Å²) < 4.78 is 0. The van der Waals surface area contributed by atoms with Crippen LogP contribution in [0.1, 0.15) is 20.8 Å². The van der Waals surface area contributed by atoms with E-state index in [-0.39, 0.29) is 0 Å². The molecule has 0 saturated heterocycles. The standard InChI is InChI=1S/C11H19N/c1-6-10(3)11(4)7-9(2)8-12-5/h6-7,12H,1,8H2,2-5H3/b9-7+,11-10-. The Labute approximate surface area is 75.9 Å². The van der Waals surface area contributed by atoms with Crippen LogP contribution in [0.15, 0.2) is 35.5 Å². The van der Waals surface area contributed by atoms with Crippen molar-refractivity contribution in [2.45, 2.75) is 20.8 Å². The van der Waals surface area contributed by atoms with Gasteiger partial charge in [-0.2, -0.15) is 0 Å². The van der Waals surface area contributed by atoms with E-state index >= 15 is 0 Å². The minimum atomic E-state index is 0.946. The van der Waals surface area contributed by atoms with E-state index in [0.29, 0.717) is 0 Å². The summed E-state index contributed by atoms with van der Waals surface area (Å²) in [5, 5.41) is 3.11. The van der Waals surface area contributed by atoms with Crippen LogP contribution in [-0.2, 0) is 0 Å². The fraction of sp³-hybridized carbons (Fsp3) is 0.455. The molecule has 0 unspecified atom stereocenters. The topological polar surface area (TPSA) is 12.0 Å². The summed E-state index contributed by atoms with van der Waals surface area (Å²) >= 11 is 0. The number of allylic oxidation sites excluding steroid dienone is 4. The molecule has 0 aliphatic rings. The molecule has 0 aromatic heterocycles. The lowest BCUT2D eigenvalue weighted by molar-refractivity contribution is 0.878. The van der Waals surface area contributed by atoms with Crippen molar-refractivity contribution in [3.05, 3.63) is 35.5 Å². The number of nitrogens with one attached hydrogen (secondary N) is 1. The highest BCUT2D eigenvalue weighted by Crippen LogP contribution is 2.07. The highest BCUT2D eigenvalue weighted by molar-refractivity contribution is 5.31. The molecule has 12 heavy (non-hydrogen) atoms. The van der Waals surface area contributed by atoms with Gasteiger partial charge in [-0.15, -0.1) is 0 Å². The zero-order chi connectivity index (χ0) is 9.56. The van der Waals surface area contributed by atoms with Crippen LogP contribution in [0.5, 0.6) is 0 Å². The van der Waals surface area contributed by atoms with E-state index in [1.165, 1.54) is 16.7 Å².